The Balaban J connectivity index is 1.49. The van der Waals surface area contributed by atoms with Crippen molar-refractivity contribution in [1.82, 2.24) is 19.6 Å². The van der Waals surface area contributed by atoms with Crippen LogP contribution in [0.25, 0.3) is 5.69 Å². The zero-order valence-electron chi connectivity index (χ0n) is 17.9. The molecule has 2 heterocycles. The van der Waals surface area contributed by atoms with Crippen molar-refractivity contribution in [3.63, 3.8) is 0 Å². The molecule has 1 aliphatic carbocycles. The molecule has 0 spiro atoms. The zero-order chi connectivity index (χ0) is 20.6. The van der Waals surface area contributed by atoms with Crippen LogP contribution in [0.3, 0.4) is 0 Å². The highest BCUT2D eigenvalue weighted by Crippen LogP contribution is 2.25. The highest BCUT2D eigenvalue weighted by Gasteiger charge is 2.26. The molecule has 1 aromatic carbocycles. The summed E-state index contributed by atoms with van der Waals surface area (Å²) >= 11 is 0. The monoisotopic (exact) mass is 410 g/mol. The van der Waals surface area contributed by atoms with E-state index in [0.29, 0.717) is 12.5 Å². The van der Waals surface area contributed by atoms with Gasteiger partial charge in [-0.15, -0.1) is 0 Å². The third kappa shape index (κ3) is 5.49. The number of carbonyl (C=O) groups excluding carboxylic acids is 1. The molecule has 6 heteroatoms. The molecule has 0 atom stereocenters. The molecule has 4 rings (SSSR count). The first-order valence-electron chi connectivity index (χ1n) is 11.5. The number of rotatable bonds is 7. The fraction of sp³-hybridized carbons (Fsp3) is 0.583. The first kappa shape index (κ1) is 21.1. The van der Waals surface area contributed by atoms with Crippen LogP contribution < -0.4 is 0 Å². The molecule has 1 saturated heterocycles. The van der Waals surface area contributed by atoms with Gasteiger partial charge in [0.2, 0.25) is 5.91 Å². The van der Waals surface area contributed by atoms with E-state index in [1.54, 1.807) is 0 Å². The predicted octanol–water partition coefficient (Wildman–Crippen LogP) is 3.50. The van der Waals surface area contributed by atoms with Crippen LogP contribution in [0.2, 0.25) is 0 Å². The Kier molecular flexibility index (Phi) is 7.54. The van der Waals surface area contributed by atoms with Gasteiger partial charge >= 0.3 is 0 Å². The number of benzene rings is 1. The van der Waals surface area contributed by atoms with Crippen LogP contribution in [0.1, 0.15) is 44.2 Å². The molecule has 0 unspecified atom stereocenters. The normalized spacial score (nSPS) is 18.8. The number of morpholine rings is 1. The maximum absolute atomic E-state index is 13.6. The third-order valence-corrected chi connectivity index (χ3v) is 6.38. The number of para-hydroxylation sites is 1. The van der Waals surface area contributed by atoms with Crippen molar-refractivity contribution in [2.45, 2.75) is 45.1 Å². The zero-order valence-corrected chi connectivity index (χ0v) is 17.9. The molecule has 2 aliphatic rings. The summed E-state index contributed by atoms with van der Waals surface area (Å²) in [5, 5.41) is 4.53. The fourth-order valence-corrected chi connectivity index (χ4v) is 4.59. The molecule has 2 aromatic rings. The molecule has 0 bridgehead atoms. The van der Waals surface area contributed by atoms with Crippen LogP contribution in [0.5, 0.6) is 0 Å². The number of ether oxygens (including phenoxy) is 1. The van der Waals surface area contributed by atoms with Gasteiger partial charge < -0.3 is 9.64 Å². The van der Waals surface area contributed by atoms with E-state index in [9.17, 15) is 4.79 Å². The van der Waals surface area contributed by atoms with Crippen LogP contribution in [-0.4, -0.2) is 64.9 Å². The summed E-state index contributed by atoms with van der Waals surface area (Å²) in [4.78, 5) is 18.0. The number of hydrogen-bond donors (Lipinski definition) is 0. The Hall–Kier alpha value is -2.18. The van der Waals surface area contributed by atoms with E-state index >= 15 is 0 Å². The second-order valence-corrected chi connectivity index (χ2v) is 8.47. The number of nitrogens with zero attached hydrogens (tertiary/aromatic N) is 4. The molecular weight excluding hydrogens is 376 g/mol. The molecule has 162 valence electrons. The van der Waals surface area contributed by atoms with Gasteiger partial charge in [-0.25, -0.2) is 4.68 Å². The molecular formula is C24H34N4O2. The number of aromatic nitrogens is 2. The smallest absolute Gasteiger partial charge is 0.226 e. The van der Waals surface area contributed by atoms with Gasteiger partial charge in [-0.2, -0.15) is 5.10 Å². The largest absolute Gasteiger partial charge is 0.379 e. The van der Waals surface area contributed by atoms with E-state index in [0.717, 1.165) is 63.6 Å². The number of hydrogen-bond acceptors (Lipinski definition) is 4. The summed E-state index contributed by atoms with van der Waals surface area (Å²) in [6.45, 7) is 5.75. The van der Waals surface area contributed by atoms with Crippen LogP contribution >= 0.6 is 0 Å². The standard InChI is InChI=1S/C24H34N4O2/c29-24(21-8-4-1-2-5-9-21)27(15-14-26-16-18-30-19-17-26)20-23-12-13-25-28(23)22-10-6-3-7-11-22/h3,6-7,10-13,21H,1-2,4-5,8-9,14-20H2. The number of carbonyl (C=O) groups is 1. The summed E-state index contributed by atoms with van der Waals surface area (Å²) in [6.07, 6.45) is 8.77. The lowest BCUT2D eigenvalue weighted by atomic mass is 9.98. The van der Waals surface area contributed by atoms with Gasteiger partial charge in [-0.05, 0) is 31.0 Å². The minimum absolute atomic E-state index is 0.172. The predicted molar refractivity (Wildman–Crippen MR) is 117 cm³/mol. The van der Waals surface area contributed by atoms with E-state index in [2.05, 4.69) is 27.0 Å². The maximum atomic E-state index is 13.6. The topological polar surface area (TPSA) is 50.6 Å². The van der Waals surface area contributed by atoms with Crippen molar-refractivity contribution in [2.75, 3.05) is 39.4 Å². The quantitative estimate of drug-likeness (QED) is 0.656. The van der Waals surface area contributed by atoms with Crippen molar-refractivity contribution < 1.29 is 9.53 Å². The minimum Gasteiger partial charge on any atom is -0.379 e. The second-order valence-electron chi connectivity index (χ2n) is 8.47. The average molecular weight is 411 g/mol. The highest BCUT2D eigenvalue weighted by atomic mass is 16.5. The van der Waals surface area contributed by atoms with Crippen molar-refractivity contribution in [2.24, 2.45) is 5.92 Å². The Morgan fingerprint density at radius 2 is 1.77 bits per heavy atom. The third-order valence-electron chi connectivity index (χ3n) is 6.38. The SMILES string of the molecule is O=C(C1CCCCCC1)N(CCN1CCOCC1)Cc1ccnn1-c1ccccc1. The summed E-state index contributed by atoms with van der Waals surface area (Å²) in [7, 11) is 0. The Morgan fingerprint density at radius 1 is 1.03 bits per heavy atom. The Bertz CT molecular complexity index is 778. The first-order valence-corrected chi connectivity index (χ1v) is 11.5. The Morgan fingerprint density at radius 3 is 2.50 bits per heavy atom. The molecule has 1 aromatic heterocycles. The van der Waals surface area contributed by atoms with Gasteiger partial charge in [0.15, 0.2) is 0 Å². The minimum atomic E-state index is 0.172. The summed E-state index contributed by atoms with van der Waals surface area (Å²) in [5.74, 6) is 0.497. The van der Waals surface area contributed by atoms with E-state index in [4.69, 9.17) is 4.74 Å². The van der Waals surface area contributed by atoms with Gasteiger partial charge in [0.1, 0.15) is 0 Å². The van der Waals surface area contributed by atoms with Gasteiger partial charge in [0, 0.05) is 38.3 Å². The van der Waals surface area contributed by atoms with Gasteiger partial charge in [0.25, 0.3) is 0 Å². The number of amides is 1. The summed E-state index contributed by atoms with van der Waals surface area (Å²) in [6, 6.07) is 12.2. The highest BCUT2D eigenvalue weighted by molar-refractivity contribution is 5.78. The van der Waals surface area contributed by atoms with Crippen molar-refractivity contribution >= 4 is 5.91 Å². The average Bonchev–Trinajstić information content (AvgIpc) is 3.09. The molecule has 1 aliphatic heterocycles. The van der Waals surface area contributed by atoms with Crippen molar-refractivity contribution in [3.05, 3.63) is 48.3 Å². The molecule has 30 heavy (non-hydrogen) atoms. The van der Waals surface area contributed by atoms with E-state index < -0.39 is 0 Å². The summed E-state index contributed by atoms with van der Waals surface area (Å²) < 4.78 is 7.44. The lowest BCUT2D eigenvalue weighted by molar-refractivity contribution is -0.137. The molecule has 0 N–H and O–H groups in total. The van der Waals surface area contributed by atoms with Crippen LogP contribution in [0.15, 0.2) is 42.6 Å². The lowest BCUT2D eigenvalue weighted by Gasteiger charge is -2.32. The molecule has 0 radical (unpaired) electrons. The summed E-state index contributed by atoms with van der Waals surface area (Å²) in [5.41, 5.74) is 2.10. The maximum Gasteiger partial charge on any atom is 0.226 e. The lowest BCUT2D eigenvalue weighted by Crippen LogP contribution is -2.44. The Labute approximate surface area is 179 Å². The van der Waals surface area contributed by atoms with Gasteiger partial charge in [0.05, 0.1) is 31.1 Å². The van der Waals surface area contributed by atoms with Gasteiger partial charge in [-0.3, -0.25) is 9.69 Å². The van der Waals surface area contributed by atoms with Crippen molar-refractivity contribution in [1.29, 1.82) is 0 Å². The molecule has 2 fully saturated rings. The van der Waals surface area contributed by atoms with E-state index in [-0.39, 0.29) is 5.92 Å². The first-order chi connectivity index (χ1) is 14.8. The van der Waals surface area contributed by atoms with E-state index in [1.165, 1.54) is 25.7 Å². The van der Waals surface area contributed by atoms with Gasteiger partial charge in [-0.1, -0.05) is 43.9 Å². The van der Waals surface area contributed by atoms with Crippen LogP contribution in [0.4, 0.5) is 0 Å². The van der Waals surface area contributed by atoms with Crippen LogP contribution in [0, 0.1) is 5.92 Å². The van der Waals surface area contributed by atoms with Crippen LogP contribution in [-0.2, 0) is 16.1 Å². The fourth-order valence-electron chi connectivity index (χ4n) is 4.59. The van der Waals surface area contributed by atoms with Crippen molar-refractivity contribution in [3.8, 4) is 5.69 Å². The molecule has 6 nitrogen and oxygen atoms in total. The van der Waals surface area contributed by atoms with E-state index in [1.807, 2.05) is 35.1 Å². The second kappa shape index (κ2) is 10.7. The molecule has 1 saturated carbocycles. The molecule has 1 amide bonds.